The molecule has 2 aliphatic rings. The van der Waals surface area contributed by atoms with Crippen LogP contribution in [-0.2, 0) is 0 Å². The van der Waals surface area contributed by atoms with Crippen molar-refractivity contribution in [3.05, 3.63) is 0 Å². The third-order valence-electron chi connectivity index (χ3n) is 4.22. The zero-order valence-corrected chi connectivity index (χ0v) is 11.9. The molecule has 2 N–H and O–H groups in total. The van der Waals surface area contributed by atoms with Crippen molar-refractivity contribution < 1.29 is 9.90 Å². The average Bonchev–Trinajstić information content (AvgIpc) is 2.86. The van der Waals surface area contributed by atoms with Crippen molar-refractivity contribution in [1.82, 2.24) is 10.2 Å². The highest BCUT2D eigenvalue weighted by atomic mass is 32.2. The maximum Gasteiger partial charge on any atom is 0.317 e. The number of aliphatic hydroxyl groups is 1. The minimum Gasteiger partial charge on any atom is -0.396 e. The van der Waals surface area contributed by atoms with Crippen LogP contribution < -0.4 is 5.32 Å². The Balaban J connectivity index is 1.78. The summed E-state index contributed by atoms with van der Waals surface area (Å²) in [5.74, 6) is 0.388. The molecule has 1 aliphatic heterocycles. The van der Waals surface area contributed by atoms with Gasteiger partial charge in [0, 0.05) is 31.0 Å². The Kier molecular flexibility index (Phi) is 5.18. The number of carbonyl (C=O) groups is 1. The molecular formula is C13H24N2O2S. The molecular weight excluding hydrogens is 248 g/mol. The molecule has 0 aromatic carbocycles. The summed E-state index contributed by atoms with van der Waals surface area (Å²) in [6.45, 7) is 1.83. The Morgan fingerprint density at radius 3 is 2.67 bits per heavy atom. The molecule has 1 saturated heterocycles. The first-order chi connectivity index (χ1) is 8.74. The fourth-order valence-corrected chi connectivity index (χ4v) is 3.88. The summed E-state index contributed by atoms with van der Waals surface area (Å²) in [6.07, 6.45) is 7.55. The van der Waals surface area contributed by atoms with E-state index in [-0.39, 0.29) is 12.6 Å². The summed E-state index contributed by atoms with van der Waals surface area (Å²) in [7, 11) is 0. The first-order valence-electron chi connectivity index (χ1n) is 6.93. The second-order valence-electron chi connectivity index (χ2n) is 5.37. The second-order valence-corrected chi connectivity index (χ2v) is 6.45. The van der Waals surface area contributed by atoms with Gasteiger partial charge in [0.2, 0.25) is 0 Å². The molecule has 2 unspecified atom stereocenters. The molecule has 0 aromatic rings. The van der Waals surface area contributed by atoms with Crippen molar-refractivity contribution in [2.75, 3.05) is 26.0 Å². The highest BCUT2D eigenvalue weighted by Crippen LogP contribution is 2.28. The van der Waals surface area contributed by atoms with Crippen LogP contribution in [0.15, 0.2) is 0 Å². The molecule has 2 fully saturated rings. The fraction of sp³-hybridized carbons (Fsp3) is 0.923. The van der Waals surface area contributed by atoms with Crippen LogP contribution >= 0.6 is 11.8 Å². The predicted molar refractivity (Wildman–Crippen MR) is 74.9 cm³/mol. The van der Waals surface area contributed by atoms with Crippen LogP contribution in [0.1, 0.15) is 32.1 Å². The zero-order chi connectivity index (χ0) is 13.0. The summed E-state index contributed by atoms with van der Waals surface area (Å²) in [6, 6.07) is 0.445. The van der Waals surface area contributed by atoms with Gasteiger partial charge in [0.1, 0.15) is 0 Å². The number of aliphatic hydroxyl groups excluding tert-OH is 1. The molecule has 0 spiro atoms. The van der Waals surface area contributed by atoms with Gasteiger partial charge in [-0.05, 0) is 37.9 Å². The SMILES string of the molecule is CSC1CCCC1NC(=O)N1CCC(CO)CC1. The molecule has 1 aliphatic carbocycles. The van der Waals surface area contributed by atoms with Crippen molar-refractivity contribution in [2.24, 2.45) is 5.92 Å². The van der Waals surface area contributed by atoms with Gasteiger partial charge >= 0.3 is 6.03 Å². The van der Waals surface area contributed by atoms with E-state index in [4.69, 9.17) is 5.11 Å². The number of carbonyl (C=O) groups excluding carboxylic acids is 1. The van der Waals surface area contributed by atoms with Crippen LogP contribution in [0.3, 0.4) is 0 Å². The first kappa shape index (κ1) is 14.0. The molecule has 104 valence electrons. The van der Waals surface area contributed by atoms with Crippen LogP contribution in [-0.4, -0.2) is 53.3 Å². The number of urea groups is 1. The van der Waals surface area contributed by atoms with Crippen molar-refractivity contribution in [3.63, 3.8) is 0 Å². The van der Waals surface area contributed by atoms with Crippen LogP contribution in [0.25, 0.3) is 0 Å². The van der Waals surface area contributed by atoms with Gasteiger partial charge in [-0.3, -0.25) is 0 Å². The molecule has 2 atom stereocenters. The van der Waals surface area contributed by atoms with Crippen LogP contribution in [0, 0.1) is 5.92 Å². The van der Waals surface area contributed by atoms with Crippen LogP contribution in [0.2, 0.25) is 0 Å². The smallest absolute Gasteiger partial charge is 0.317 e. The molecule has 0 aromatic heterocycles. The van der Waals surface area contributed by atoms with E-state index in [1.165, 1.54) is 12.8 Å². The van der Waals surface area contributed by atoms with E-state index >= 15 is 0 Å². The third kappa shape index (κ3) is 3.32. The lowest BCUT2D eigenvalue weighted by Gasteiger charge is -2.32. The number of thioether (sulfide) groups is 1. The van der Waals surface area contributed by atoms with Gasteiger partial charge < -0.3 is 15.3 Å². The monoisotopic (exact) mass is 272 g/mol. The summed E-state index contributed by atoms with van der Waals surface area (Å²) < 4.78 is 0. The Morgan fingerprint density at radius 2 is 2.06 bits per heavy atom. The van der Waals surface area contributed by atoms with Crippen LogP contribution in [0.5, 0.6) is 0 Å². The molecule has 1 heterocycles. The molecule has 1 saturated carbocycles. The summed E-state index contributed by atoms with van der Waals surface area (Å²) in [5.41, 5.74) is 0. The van der Waals surface area contributed by atoms with Gasteiger partial charge in [0.05, 0.1) is 0 Å². The number of piperidine rings is 1. The predicted octanol–water partition coefficient (Wildman–Crippen LogP) is 1.68. The van der Waals surface area contributed by atoms with E-state index in [2.05, 4.69) is 11.6 Å². The quantitative estimate of drug-likeness (QED) is 0.822. The average molecular weight is 272 g/mol. The highest BCUT2D eigenvalue weighted by Gasteiger charge is 2.30. The maximum atomic E-state index is 12.2. The molecule has 2 amide bonds. The van der Waals surface area contributed by atoms with E-state index < -0.39 is 0 Å². The number of nitrogens with zero attached hydrogens (tertiary/aromatic N) is 1. The summed E-state index contributed by atoms with van der Waals surface area (Å²) >= 11 is 1.87. The lowest BCUT2D eigenvalue weighted by molar-refractivity contribution is 0.136. The molecule has 0 radical (unpaired) electrons. The lowest BCUT2D eigenvalue weighted by atomic mass is 9.98. The summed E-state index contributed by atoms with van der Waals surface area (Å²) in [4.78, 5) is 14.1. The topological polar surface area (TPSA) is 52.6 Å². The van der Waals surface area contributed by atoms with E-state index in [0.29, 0.717) is 17.2 Å². The van der Waals surface area contributed by atoms with E-state index in [1.807, 2.05) is 16.7 Å². The molecule has 5 heteroatoms. The number of amides is 2. The Hall–Kier alpha value is -0.420. The van der Waals surface area contributed by atoms with Crippen molar-refractivity contribution >= 4 is 17.8 Å². The standard InChI is InChI=1S/C13H24N2O2S/c1-18-12-4-2-3-11(12)14-13(17)15-7-5-10(9-16)6-8-15/h10-12,16H,2-9H2,1H3,(H,14,17). The van der Waals surface area contributed by atoms with Gasteiger partial charge in [-0.15, -0.1) is 0 Å². The van der Waals surface area contributed by atoms with Gasteiger partial charge in [-0.25, -0.2) is 4.79 Å². The van der Waals surface area contributed by atoms with Gasteiger partial charge in [-0.2, -0.15) is 11.8 Å². The Labute approximate surface area is 113 Å². The number of hydrogen-bond donors (Lipinski definition) is 2. The minimum absolute atomic E-state index is 0.0948. The Bertz CT molecular complexity index is 280. The van der Waals surface area contributed by atoms with E-state index in [0.717, 1.165) is 32.4 Å². The molecule has 18 heavy (non-hydrogen) atoms. The van der Waals surface area contributed by atoms with Crippen molar-refractivity contribution in [2.45, 2.75) is 43.4 Å². The van der Waals surface area contributed by atoms with E-state index in [9.17, 15) is 4.79 Å². The van der Waals surface area contributed by atoms with Crippen molar-refractivity contribution in [1.29, 1.82) is 0 Å². The highest BCUT2D eigenvalue weighted by molar-refractivity contribution is 7.99. The normalized spacial score (nSPS) is 29.6. The van der Waals surface area contributed by atoms with Crippen LogP contribution in [0.4, 0.5) is 4.79 Å². The molecule has 0 bridgehead atoms. The largest absolute Gasteiger partial charge is 0.396 e. The van der Waals surface area contributed by atoms with E-state index in [1.54, 1.807) is 0 Å². The van der Waals surface area contributed by atoms with Crippen molar-refractivity contribution in [3.8, 4) is 0 Å². The molecule has 4 nitrogen and oxygen atoms in total. The fourth-order valence-electron chi connectivity index (χ4n) is 2.94. The van der Waals surface area contributed by atoms with Gasteiger partial charge in [0.15, 0.2) is 0 Å². The number of nitrogens with one attached hydrogen (secondary N) is 1. The number of likely N-dealkylation sites (tertiary alicyclic amines) is 1. The maximum absolute atomic E-state index is 12.2. The Morgan fingerprint density at radius 1 is 1.33 bits per heavy atom. The lowest BCUT2D eigenvalue weighted by Crippen LogP contribution is -2.49. The zero-order valence-electron chi connectivity index (χ0n) is 11.1. The minimum atomic E-state index is 0.0948. The van der Waals surface area contributed by atoms with Gasteiger partial charge in [-0.1, -0.05) is 6.42 Å². The number of hydrogen-bond acceptors (Lipinski definition) is 3. The second kappa shape index (κ2) is 6.66. The third-order valence-corrected chi connectivity index (χ3v) is 5.39. The first-order valence-corrected chi connectivity index (χ1v) is 8.22. The summed E-state index contributed by atoms with van der Waals surface area (Å²) in [5, 5.41) is 12.9. The van der Waals surface area contributed by atoms with Gasteiger partial charge in [0.25, 0.3) is 0 Å². The number of rotatable bonds is 3. The molecule has 2 rings (SSSR count).